The molecule has 3 aromatic rings. The number of nitrogens with zero attached hydrogens (tertiary/aromatic N) is 5. The third kappa shape index (κ3) is 3.95. The highest BCUT2D eigenvalue weighted by atomic mass is 35.5. The molecule has 27 heavy (non-hydrogen) atoms. The topological polar surface area (TPSA) is 77.1 Å². The first kappa shape index (κ1) is 18.9. The maximum atomic E-state index is 12.9. The highest BCUT2D eigenvalue weighted by molar-refractivity contribution is 6.33. The Bertz CT molecular complexity index is 1030. The minimum Gasteiger partial charge on any atom is -0.364 e. The predicted octanol–water partition coefficient (Wildman–Crippen LogP) is 3.23. The summed E-state index contributed by atoms with van der Waals surface area (Å²) in [6.45, 7) is 1.84. The molecule has 0 spiro atoms. The average molecular weight is 400 g/mol. The van der Waals surface area contributed by atoms with Crippen LogP contribution in [0.5, 0.6) is 0 Å². The fourth-order valence-electron chi connectivity index (χ4n) is 2.39. The number of alkyl halides is 3. The number of halogens is 4. The Morgan fingerprint density at radius 1 is 1.33 bits per heavy atom. The smallest absolute Gasteiger partial charge is 0.364 e. The first-order valence-corrected chi connectivity index (χ1v) is 8.00. The molecular weight excluding hydrogens is 387 g/mol. The van der Waals surface area contributed by atoms with Crippen LogP contribution in [0, 0.1) is 6.92 Å². The van der Waals surface area contributed by atoms with E-state index in [4.69, 9.17) is 16.1 Å². The maximum absolute atomic E-state index is 12.9. The van der Waals surface area contributed by atoms with Gasteiger partial charge in [0.25, 0.3) is 5.56 Å². The van der Waals surface area contributed by atoms with Crippen molar-refractivity contribution in [2.24, 2.45) is 0 Å². The van der Waals surface area contributed by atoms with Gasteiger partial charge in [0, 0.05) is 14.0 Å². The van der Waals surface area contributed by atoms with Crippen LogP contribution in [0.3, 0.4) is 0 Å². The van der Waals surface area contributed by atoms with E-state index in [2.05, 4.69) is 15.2 Å². The van der Waals surface area contributed by atoms with Gasteiger partial charge in [0.05, 0.1) is 29.7 Å². The average Bonchev–Trinajstić information content (AvgIpc) is 3.01. The van der Waals surface area contributed by atoms with Crippen molar-refractivity contribution in [3.05, 3.63) is 63.1 Å². The molecule has 0 amide bonds. The second-order valence-corrected chi connectivity index (χ2v) is 6.07. The summed E-state index contributed by atoms with van der Waals surface area (Å²) in [5.74, 6) is 0.774. The number of hydrogen-bond acceptors (Lipinski definition) is 6. The van der Waals surface area contributed by atoms with Crippen molar-refractivity contribution in [1.29, 1.82) is 0 Å². The van der Waals surface area contributed by atoms with Gasteiger partial charge in [0.1, 0.15) is 5.02 Å². The highest BCUT2D eigenvalue weighted by Crippen LogP contribution is 2.30. The second-order valence-electron chi connectivity index (χ2n) is 5.69. The summed E-state index contributed by atoms with van der Waals surface area (Å²) in [6.07, 6.45) is -3.25. The SMILES string of the molecule is Cc1nc(CN(C)c2cnn(-c3cccc(C(F)(F)F)c3)c(=O)c2Cl)no1. The molecule has 7 nitrogen and oxygen atoms in total. The first-order valence-electron chi connectivity index (χ1n) is 7.62. The Balaban J connectivity index is 1.95. The quantitative estimate of drug-likeness (QED) is 0.670. The zero-order chi connectivity index (χ0) is 19.8. The van der Waals surface area contributed by atoms with Gasteiger partial charge in [0.15, 0.2) is 5.82 Å². The van der Waals surface area contributed by atoms with Crippen LogP contribution in [-0.2, 0) is 12.7 Å². The zero-order valence-electron chi connectivity index (χ0n) is 14.2. The van der Waals surface area contributed by atoms with Crippen LogP contribution in [0.2, 0.25) is 5.02 Å². The molecule has 0 aliphatic carbocycles. The molecule has 0 saturated heterocycles. The van der Waals surface area contributed by atoms with Crippen molar-refractivity contribution >= 4 is 17.3 Å². The van der Waals surface area contributed by atoms with Crippen molar-refractivity contribution in [3.63, 3.8) is 0 Å². The number of rotatable bonds is 4. The van der Waals surface area contributed by atoms with Gasteiger partial charge in [-0.2, -0.15) is 27.9 Å². The number of aryl methyl sites for hydroxylation is 1. The Hall–Kier alpha value is -2.88. The van der Waals surface area contributed by atoms with Gasteiger partial charge in [-0.05, 0) is 18.2 Å². The lowest BCUT2D eigenvalue weighted by Crippen LogP contribution is -2.26. The minimum absolute atomic E-state index is 0.0419. The molecule has 0 fully saturated rings. The van der Waals surface area contributed by atoms with E-state index >= 15 is 0 Å². The molecule has 0 saturated carbocycles. The molecule has 0 aliphatic rings. The molecular formula is C16H13ClF3N5O2. The van der Waals surface area contributed by atoms with E-state index < -0.39 is 17.3 Å². The fraction of sp³-hybridized carbons (Fsp3) is 0.250. The van der Waals surface area contributed by atoms with Gasteiger partial charge >= 0.3 is 6.18 Å². The number of aromatic nitrogens is 4. The van der Waals surface area contributed by atoms with Gasteiger partial charge in [-0.3, -0.25) is 4.79 Å². The standard InChI is InChI=1S/C16H13ClF3N5O2/c1-9-22-13(23-27-9)8-24(2)12-7-21-25(15(26)14(12)17)11-5-3-4-10(6-11)16(18,19)20/h3-7H,8H2,1-2H3. The van der Waals surface area contributed by atoms with E-state index in [1.807, 2.05) is 0 Å². The van der Waals surface area contributed by atoms with E-state index in [9.17, 15) is 18.0 Å². The molecule has 11 heteroatoms. The largest absolute Gasteiger partial charge is 0.416 e. The Morgan fingerprint density at radius 2 is 2.07 bits per heavy atom. The Morgan fingerprint density at radius 3 is 2.70 bits per heavy atom. The van der Waals surface area contributed by atoms with E-state index in [-0.39, 0.29) is 22.9 Å². The van der Waals surface area contributed by atoms with Crippen LogP contribution in [0.25, 0.3) is 5.69 Å². The van der Waals surface area contributed by atoms with Gasteiger partial charge < -0.3 is 9.42 Å². The van der Waals surface area contributed by atoms with Crippen LogP contribution in [0.15, 0.2) is 39.8 Å². The third-order valence-corrected chi connectivity index (χ3v) is 4.03. The molecule has 0 radical (unpaired) electrons. The number of hydrogen-bond donors (Lipinski definition) is 0. The number of anilines is 1. The molecule has 0 bridgehead atoms. The van der Waals surface area contributed by atoms with Gasteiger partial charge in [-0.15, -0.1) is 0 Å². The molecule has 1 aromatic carbocycles. The molecule has 2 heterocycles. The van der Waals surface area contributed by atoms with Crippen molar-refractivity contribution < 1.29 is 17.7 Å². The summed E-state index contributed by atoms with van der Waals surface area (Å²) in [5.41, 5.74) is -1.39. The van der Waals surface area contributed by atoms with Gasteiger partial charge in [-0.1, -0.05) is 22.8 Å². The lowest BCUT2D eigenvalue weighted by Gasteiger charge is -2.18. The molecule has 2 aromatic heterocycles. The summed E-state index contributed by atoms with van der Waals surface area (Å²) in [7, 11) is 1.64. The molecule has 0 aliphatic heterocycles. The summed E-state index contributed by atoms with van der Waals surface area (Å²) < 4.78 is 44.3. The molecule has 142 valence electrons. The van der Waals surface area contributed by atoms with Crippen molar-refractivity contribution in [3.8, 4) is 5.69 Å². The normalized spacial score (nSPS) is 11.6. The number of benzene rings is 1. The van der Waals surface area contributed by atoms with Crippen molar-refractivity contribution in [2.75, 3.05) is 11.9 Å². The molecule has 0 unspecified atom stereocenters. The van der Waals surface area contributed by atoms with E-state index in [1.165, 1.54) is 18.3 Å². The van der Waals surface area contributed by atoms with Crippen LogP contribution >= 0.6 is 11.6 Å². The van der Waals surface area contributed by atoms with Crippen LogP contribution in [0.4, 0.5) is 18.9 Å². The van der Waals surface area contributed by atoms with Gasteiger partial charge in [-0.25, -0.2) is 0 Å². The fourth-order valence-corrected chi connectivity index (χ4v) is 2.66. The lowest BCUT2D eigenvalue weighted by atomic mass is 10.2. The van der Waals surface area contributed by atoms with Crippen molar-refractivity contribution in [2.45, 2.75) is 19.6 Å². The molecule has 0 atom stereocenters. The molecule has 0 N–H and O–H groups in total. The predicted molar refractivity (Wildman–Crippen MR) is 91.0 cm³/mol. The first-order chi connectivity index (χ1) is 12.7. The third-order valence-electron chi connectivity index (χ3n) is 3.68. The lowest BCUT2D eigenvalue weighted by molar-refractivity contribution is -0.137. The minimum atomic E-state index is -4.54. The van der Waals surface area contributed by atoms with E-state index in [1.54, 1.807) is 18.9 Å². The zero-order valence-corrected chi connectivity index (χ0v) is 14.9. The van der Waals surface area contributed by atoms with Crippen molar-refractivity contribution in [1.82, 2.24) is 19.9 Å². The maximum Gasteiger partial charge on any atom is 0.416 e. The van der Waals surface area contributed by atoms with Crippen LogP contribution < -0.4 is 10.5 Å². The summed E-state index contributed by atoms with van der Waals surface area (Å²) in [6, 6.07) is 4.27. The summed E-state index contributed by atoms with van der Waals surface area (Å²) in [5, 5.41) is 7.51. The van der Waals surface area contributed by atoms with E-state index in [0.29, 0.717) is 11.7 Å². The molecule has 3 rings (SSSR count). The van der Waals surface area contributed by atoms with E-state index in [0.717, 1.165) is 16.8 Å². The second kappa shape index (κ2) is 7.03. The summed E-state index contributed by atoms with van der Waals surface area (Å²) >= 11 is 6.14. The monoisotopic (exact) mass is 399 g/mol. The Labute approximate surface area is 156 Å². The van der Waals surface area contributed by atoms with Crippen LogP contribution in [0.1, 0.15) is 17.3 Å². The Kier molecular flexibility index (Phi) is 4.92. The summed E-state index contributed by atoms with van der Waals surface area (Å²) in [4.78, 5) is 18.2. The highest BCUT2D eigenvalue weighted by Gasteiger charge is 2.30. The van der Waals surface area contributed by atoms with Crippen LogP contribution in [-0.4, -0.2) is 27.0 Å². The van der Waals surface area contributed by atoms with Gasteiger partial charge in [0.2, 0.25) is 5.89 Å².